The SMILES string of the molecule is [Ce].[Cu].[Fe].[Mn].[Ni]. The molecule has 0 aromatic rings. The van der Waals surface area contributed by atoms with E-state index in [-0.39, 0.29) is 109 Å². The molecule has 0 N–H and O–H groups in total. The monoisotopic (exact) mass is 372 g/mol. The maximum Gasteiger partial charge on any atom is 0 e. The normalized spacial score (nSPS) is 0. The first-order chi connectivity index (χ1) is 0. The molecule has 0 rings (SSSR count). The van der Waals surface area contributed by atoms with Crippen LogP contribution in [0.2, 0.25) is 0 Å². The molecule has 0 nitrogen and oxygen atoms in total. The number of hydrogen-bond donors (Lipinski definition) is 0. The van der Waals surface area contributed by atoms with Crippen LogP contribution in [0.5, 0.6) is 0 Å². The zero-order chi connectivity index (χ0) is 0. The summed E-state index contributed by atoms with van der Waals surface area (Å²) < 4.78 is 0. The second-order valence-electron chi connectivity index (χ2n) is 0. The average molecular weight is 373 g/mol. The van der Waals surface area contributed by atoms with Gasteiger partial charge in [0.15, 0.2) is 0 Å². The Labute approximate surface area is 107 Å². The van der Waals surface area contributed by atoms with E-state index in [1.54, 1.807) is 0 Å². The van der Waals surface area contributed by atoms with Gasteiger partial charge in [0.25, 0.3) is 0 Å². The summed E-state index contributed by atoms with van der Waals surface area (Å²) >= 11 is 0. The Morgan fingerprint density at radius 1 is 1.00 bits per heavy atom. The van der Waals surface area contributed by atoms with Crippen molar-refractivity contribution in [3.63, 3.8) is 0 Å². The van der Waals surface area contributed by atoms with Crippen LogP contribution in [-0.4, -0.2) is 0 Å². The van der Waals surface area contributed by atoms with Crippen LogP contribution in [0.4, 0.5) is 0 Å². The van der Waals surface area contributed by atoms with E-state index >= 15 is 0 Å². The standard InChI is InChI=1S/Ce.Cu.Fe.Mn.Ni. The van der Waals surface area contributed by atoms with Crippen molar-refractivity contribution in [3.8, 4) is 0 Å². The van der Waals surface area contributed by atoms with Gasteiger partial charge in [-0.25, -0.2) is 0 Å². The van der Waals surface area contributed by atoms with Crippen LogP contribution in [0.1, 0.15) is 0 Å². The maximum atomic E-state index is 0. The van der Waals surface area contributed by atoms with E-state index in [1.807, 2.05) is 0 Å². The van der Waals surface area contributed by atoms with Gasteiger partial charge in [0.05, 0.1) is 0 Å². The summed E-state index contributed by atoms with van der Waals surface area (Å²) in [4.78, 5) is 0. The summed E-state index contributed by atoms with van der Waals surface area (Å²) in [6.45, 7) is 0. The van der Waals surface area contributed by atoms with E-state index in [2.05, 4.69) is 0 Å². The second kappa shape index (κ2) is 26.1. The minimum Gasteiger partial charge on any atom is 0 e. The van der Waals surface area contributed by atoms with E-state index in [0.717, 1.165) is 0 Å². The Morgan fingerprint density at radius 3 is 1.00 bits per heavy atom. The Hall–Kier alpha value is 3.43. The van der Waals surface area contributed by atoms with Gasteiger partial charge in [-0.05, 0) is 0 Å². The third-order valence-electron chi connectivity index (χ3n) is 0. The first-order valence-corrected chi connectivity index (χ1v) is 0. The Bertz CT molecular complexity index is 11.6. The van der Waals surface area contributed by atoms with Gasteiger partial charge in [0, 0.05) is 109 Å². The first-order valence-electron chi connectivity index (χ1n) is 0. The van der Waals surface area contributed by atoms with Crippen LogP contribution in [0.25, 0.3) is 0 Å². The topological polar surface area (TPSA) is 0 Å². The summed E-state index contributed by atoms with van der Waals surface area (Å²) in [6, 6.07) is 0. The van der Waals surface area contributed by atoms with E-state index in [4.69, 9.17) is 0 Å². The van der Waals surface area contributed by atoms with Crippen molar-refractivity contribution in [1.29, 1.82) is 0 Å². The van der Waals surface area contributed by atoms with Gasteiger partial charge in [0.2, 0.25) is 0 Å². The smallest absolute Gasteiger partial charge is 0 e. The van der Waals surface area contributed by atoms with Crippen LogP contribution < -0.4 is 0 Å². The van der Waals surface area contributed by atoms with Gasteiger partial charge >= 0.3 is 0 Å². The van der Waals surface area contributed by atoms with Crippen LogP contribution >= 0.6 is 0 Å². The molecule has 0 aromatic carbocycles. The minimum atomic E-state index is 0. The zero-order valence-electron chi connectivity index (χ0n) is 1.85. The molecule has 0 amide bonds. The maximum absolute atomic E-state index is 0. The second-order valence-corrected chi connectivity index (χ2v) is 0. The molecule has 0 atom stereocenters. The quantitative estimate of drug-likeness (QED) is 0.525. The molecule has 0 aromatic heterocycles. The van der Waals surface area contributed by atoms with Crippen molar-refractivity contribution < 1.29 is 109 Å². The fourth-order valence-corrected chi connectivity index (χ4v) is 0. The molecule has 0 saturated heterocycles. The Kier molecular flexibility index (Phi) is 207. The van der Waals surface area contributed by atoms with Gasteiger partial charge in [-0.2, -0.15) is 0 Å². The summed E-state index contributed by atoms with van der Waals surface area (Å²) in [5, 5.41) is 0. The Balaban J connectivity index is 0. The van der Waals surface area contributed by atoms with E-state index < -0.39 is 0 Å². The molecule has 0 aliphatic rings. The van der Waals surface area contributed by atoms with Gasteiger partial charge in [0.1, 0.15) is 0 Å². The summed E-state index contributed by atoms with van der Waals surface area (Å²) in [5.41, 5.74) is 0. The predicted molar refractivity (Wildman–Crippen MR) is 0 cm³/mol. The third kappa shape index (κ3) is 18.6. The first kappa shape index (κ1) is 39.6. The number of hydrogen-bond acceptors (Lipinski definition) is 0. The molecule has 5 heavy (non-hydrogen) atoms. The molecule has 0 heterocycles. The summed E-state index contributed by atoms with van der Waals surface area (Å²) in [5.74, 6) is 0. The van der Waals surface area contributed by atoms with Gasteiger partial charge in [-0.3, -0.25) is 0 Å². The summed E-state index contributed by atoms with van der Waals surface area (Å²) in [6.07, 6.45) is 0. The van der Waals surface area contributed by atoms with Gasteiger partial charge in [-0.15, -0.1) is 0 Å². The molecule has 0 unspecified atom stereocenters. The van der Waals surface area contributed by atoms with Crippen molar-refractivity contribution in [2.24, 2.45) is 0 Å². The molecular formula is CeCuFeMnNi. The molecule has 0 aliphatic carbocycles. The molecule has 0 saturated carbocycles. The van der Waals surface area contributed by atoms with Crippen molar-refractivity contribution in [2.45, 2.75) is 0 Å². The van der Waals surface area contributed by atoms with Crippen LogP contribution in [0, 0.1) is 41.7 Å². The third-order valence-corrected chi connectivity index (χ3v) is 0. The molecule has 2 radical (unpaired) electrons. The van der Waals surface area contributed by atoms with E-state index in [9.17, 15) is 0 Å². The van der Waals surface area contributed by atoms with Crippen LogP contribution in [-0.2, 0) is 67.7 Å². The van der Waals surface area contributed by atoms with Crippen molar-refractivity contribution >= 4 is 0 Å². The Morgan fingerprint density at radius 2 is 1.00 bits per heavy atom. The molecule has 5 heteroatoms. The van der Waals surface area contributed by atoms with Gasteiger partial charge in [-0.1, -0.05) is 0 Å². The van der Waals surface area contributed by atoms with Crippen molar-refractivity contribution in [2.75, 3.05) is 0 Å². The molecule has 0 bridgehead atoms. The molecule has 0 aliphatic heterocycles. The van der Waals surface area contributed by atoms with Crippen molar-refractivity contribution in [1.82, 2.24) is 0 Å². The van der Waals surface area contributed by atoms with Crippen LogP contribution in [0.15, 0.2) is 0 Å². The van der Waals surface area contributed by atoms with Crippen LogP contribution in [0.3, 0.4) is 0 Å². The van der Waals surface area contributed by atoms with Crippen molar-refractivity contribution in [3.05, 3.63) is 0 Å². The molecular weight excluding hydrogens is 373 g/mol. The zero-order valence-corrected chi connectivity index (χ0v) is 9.20. The van der Waals surface area contributed by atoms with E-state index in [1.165, 1.54) is 0 Å². The fraction of sp³-hybridized carbons (Fsp3) is 0. The molecule has 40 valence electrons. The largest absolute Gasteiger partial charge is 0 e. The minimum absolute atomic E-state index is 0. The molecule has 0 fully saturated rings. The predicted octanol–water partition coefficient (Wildman–Crippen LogP) is -0.0100. The van der Waals surface area contributed by atoms with E-state index in [0.29, 0.717) is 0 Å². The number of rotatable bonds is 0. The average Bonchev–Trinajstić information content (AvgIpc) is 0. The van der Waals surface area contributed by atoms with Gasteiger partial charge < -0.3 is 0 Å². The fourth-order valence-electron chi connectivity index (χ4n) is 0. The molecule has 0 spiro atoms. The summed E-state index contributed by atoms with van der Waals surface area (Å²) in [7, 11) is 0.